The molecule has 0 spiro atoms. The number of anilines is 1. The third-order valence-corrected chi connectivity index (χ3v) is 5.17. The van der Waals surface area contributed by atoms with Crippen LogP contribution in [0.2, 0.25) is 0 Å². The minimum absolute atomic E-state index is 0.0370. The lowest BCUT2D eigenvalue weighted by Crippen LogP contribution is -2.33. The molecule has 4 rings (SSSR count). The van der Waals surface area contributed by atoms with Gasteiger partial charge in [-0.25, -0.2) is 4.79 Å². The number of ketones is 1. The van der Waals surface area contributed by atoms with Crippen molar-refractivity contribution in [2.24, 2.45) is 0 Å². The summed E-state index contributed by atoms with van der Waals surface area (Å²) in [4.78, 5) is 26.2. The summed E-state index contributed by atoms with van der Waals surface area (Å²) < 4.78 is 6.46. The Kier molecular flexibility index (Phi) is 5.14. The number of allylic oxidation sites excluding steroid dienone is 1. The molecule has 1 N–H and O–H groups in total. The van der Waals surface area contributed by atoms with Crippen LogP contribution in [0.4, 0.5) is 5.95 Å². The highest BCUT2D eigenvalue weighted by atomic mass is 16.5. The highest BCUT2D eigenvalue weighted by Gasteiger charge is 2.38. The molecule has 8 nitrogen and oxygen atoms in total. The smallest absolute Gasteiger partial charge is 0.355 e. The molecule has 152 valence electrons. The number of benzene rings is 2. The molecule has 8 heteroatoms. The molecule has 0 amide bonds. The van der Waals surface area contributed by atoms with Crippen LogP contribution in [-0.2, 0) is 16.0 Å². The van der Waals surface area contributed by atoms with E-state index in [0.717, 1.165) is 23.1 Å². The van der Waals surface area contributed by atoms with Gasteiger partial charge in [0.05, 0.1) is 12.7 Å². The first-order valence-corrected chi connectivity index (χ1v) is 9.61. The van der Waals surface area contributed by atoms with Crippen LogP contribution in [0, 0.1) is 6.92 Å². The highest BCUT2D eigenvalue weighted by Crippen LogP contribution is 2.36. The molecule has 1 aliphatic heterocycles. The molecule has 30 heavy (non-hydrogen) atoms. The van der Waals surface area contributed by atoms with Crippen molar-refractivity contribution in [2.75, 3.05) is 12.4 Å². The van der Waals surface area contributed by atoms with E-state index >= 15 is 0 Å². The monoisotopic (exact) mass is 403 g/mol. The van der Waals surface area contributed by atoms with Gasteiger partial charge >= 0.3 is 5.97 Å². The van der Waals surface area contributed by atoms with Crippen LogP contribution in [0.15, 0.2) is 59.8 Å². The zero-order chi connectivity index (χ0) is 21.3. The maximum atomic E-state index is 13.6. The summed E-state index contributed by atoms with van der Waals surface area (Å²) in [7, 11) is 1.27. The second kappa shape index (κ2) is 7.90. The van der Waals surface area contributed by atoms with E-state index in [0.29, 0.717) is 5.56 Å². The largest absolute Gasteiger partial charge is 0.464 e. The molecular formula is C22H21N5O3. The number of carbonyl (C=O) groups excluding carboxylic acids is 2. The van der Waals surface area contributed by atoms with Crippen LogP contribution >= 0.6 is 0 Å². The average molecular weight is 403 g/mol. The van der Waals surface area contributed by atoms with Crippen molar-refractivity contribution in [3.63, 3.8) is 0 Å². The first kappa shape index (κ1) is 19.5. The van der Waals surface area contributed by atoms with Crippen LogP contribution in [0.5, 0.6) is 0 Å². The fourth-order valence-electron chi connectivity index (χ4n) is 3.49. The number of aryl methyl sites for hydroxylation is 2. The first-order chi connectivity index (χ1) is 14.5. The Hall–Kier alpha value is -3.81. The number of fused-ring (bicyclic) bond motifs is 1. The van der Waals surface area contributed by atoms with Crippen molar-refractivity contribution in [1.29, 1.82) is 0 Å². The van der Waals surface area contributed by atoms with Crippen molar-refractivity contribution in [3.05, 3.63) is 82.1 Å². The van der Waals surface area contributed by atoms with Gasteiger partial charge in [0, 0.05) is 5.56 Å². The quantitative estimate of drug-likeness (QED) is 0.516. The standard InChI is InChI=1S/C22H21N5O3/c1-4-14-7-11-15(12-8-14)19-17(20(28)16-9-5-13(2)6-10-16)18(21(29)30-3)23-22-24-25-26-27(19)22/h5-12,19H,4H2,1-3H3,(H,23,24,26). The molecule has 1 aliphatic rings. The van der Waals surface area contributed by atoms with Gasteiger partial charge in [-0.1, -0.05) is 66.1 Å². The number of nitrogens with zero attached hydrogens (tertiary/aromatic N) is 4. The molecule has 0 aliphatic carbocycles. The number of aromatic nitrogens is 4. The average Bonchev–Trinajstić information content (AvgIpc) is 3.26. The summed E-state index contributed by atoms with van der Waals surface area (Å²) >= 11 is 0. The number of tetrazole rings is 1. The van der Waals surface area contributed by atoms with Gasteiger partial charge in [0.15, 0.2) is 5.78 Å². The molecule has 0 saturated carbocycles. The summed E-state index contributed by atoms with van der Waals surface area (Å²) in [6.07, 6.45) is 0.890. The summed E-state index contributed by atoms with van der Waals surface area (Å²) in [6, 6.07) is 14.4. The van der Waals surface area contributed by atoms with Gasteiger partial charge in [-0.2, -0.15) is 4.68 Å². The minimum atomic E-state index is -0.676. The Morgan fingerprint density at radius 3 is 2.43 bits per heavy atom. The lowest BCUT2D eigenvalue weighted by atomic mass is 9.89. The Morgan fingerprint density at radius 1 is 1.10 bits per heavy atom. The molecule has 2 aromatic carbocycles. The zero-order valence-electron chi connectivity index (χ0n) is 16.9. The number of carbonyl (C=O) groups is 2. The van der Waals surface area contributed by atoms with E-state index in [9.17, 15) is 9.59 Å². The van der Waals surface area contributed by atoms with E-state index in [4.69, 9.17) is 4.74 Å². The van der Waals surface area contributed by atoms with Crippen LogP contribution in [0.1, 0.15) is 40.0 Å². The van der Waals surface area contributed by atoms with Crippen LogP contribution < -0.4 is 5.32 Å². The molecule has 1 aromatic heterocycles. The van der Waals surface area contributed by atoms with E-state index in [2.05, 4.69) is 27.8 Å². The molecule has 1 unspecified atom stereocenters. The first-order valence-electron chi connectivity index (χ1n) is 9.61. The van der Waals surface area contributed by atoms with Gasteiger partial charge in [-0.15, -0.1) is 0 Å². The number of hydrogen-bond acceptors (Lipinski definition) is 7. The lowest BCUT2D eigenvalue weighted by molar-refractivity contribution is -0.136. The van der Waals surface area contributed by atoms with E-state index in [1.54, 1.807) is 12.1 Å². The summed E-state index contributed by atoms with van der Waals surface area (Å²) in [6.45, 7) is 4.02. The number of esters is 1. The van der Waals surface area contributed by atoms with Crippen LogP contribution in [0.25, 0.3) is 0 Å². The Labute approximate surface area is 173 Å². The SMILES string of the molecule is CCc1ccc(C2C(C(=O)c3ccc(C)cc3)=C(C(=O)OC)Nc3nnnn32)cc1. The third kappa shape index (κ3) is 3.36. The second-order valence-corrected chi connectivity index (χ2v) is 7.05. The molecule has 0 radical (unpaired) electrons. The van der Waals surface area contributed by atoms with Crippen molar-refractivity contribution in [1.82, 2.24) is 20.2 Å². The number of methoxy groups -OCH3 is 1. The van der Waals surface area contributed by atoms with Gasteiger partial charge in [-0.05, 0) is 34.9 Å². The zero-order valence-corrected chi connectivity index (χ0v) is 16.9. The molecule has 0 saturated heterocycles. The Balaban J connectivity index is 1.92. The molecule has 1 atom stereocenters. The maximum Gasteiger partial charge on any atom is 0.355 e. The van der Waals surface area contributed by atoms with Gasteiger partial charge in [0.25, 0.3) is 0 Å². The van der Waals surface area contributed by atoms with Crippen LogP contribution in [0.3, 0.4) is 0 Å². The summed E-state index contributed by atoms with van der Waals surface area (Å²) in [5.41, 5.74) is 3.72. The molecule has 0 fully saturated rings. The summed E-state index contributed by atoms with van der Waals surface area (Å²) in [5, 5.41) is 14.6. The van der Waals surface area contributed by atoms with Gasteiger partial charge < -0.3 is 10.1 Å². The Bertz CT molecular complexity index is 1130. The third-order valence-electron chi connectivity index (χ3n) is 5.17. The number of rotatable bonds is 5. The minimum Gasteiger partial charge on any atom is -0.464 e. The fraction of sp³-hybridized carbons (Fsp3) is 0.227. The van der Waals surface area contributed by atoms with E-state index < -0.39 is 12.0 Å². The van der Waals surface area contributed by atoms with Gasteiger partial charge in [0.2, 0.25) is 5.95 Å². The predicted molar refractivity (Wildman–Crippen MR) is 110 cm³/mol. The van der Waals surface area contributed by atoms with E-state index in [-0.39, 0.29) is 23.0 Å². The second-order valence-electron chi connectivity index (χ2n) is 7.05. The summed E-state index contributed by atoms with van der Waals surface area (Å²) in [5.74, 6) is -0.691. The van der Waals surface area contributed by atoms with Gasteiger partial charge in [0.1, 0.15) is 11.7 Å². The van der Waals surface area contributed by atoms with Crippen molar-refractivity contribution in [3.8, 4) is 0 Å². The number of Topliss-reactive ketones (excluding diaryl/α,β-unsaturated/α-hetero) is 1. The molecular weight excluding hydrogens is 382 g/mol. The number of ether oxygens (including phenoxy) is 1. The number of hydrogen-bond donors (Lipinski definition) is 1. The normalized spacial score (nSPS) is 15.4. The molecule has 0 bridgehead atoms. The van der Waals surface area contributed by atoms with Gasteiger partial charge in [-0.3, -0.25) is 4.79 Å². The van der Waals surface area contributed by atoms with E-state index in [1.165, 1.54) is 11.8 Å². The van der Waals surface area contributed by atoms with E-state index in [1.807, 2.05) is 43.3 Å². The molecule has 3 aromatic rings. The maximum absolute atomic E-state index is 13.6. The Morgan fingerprint density at radius 2 is 1.80 bits per heavy atom. The highest BCUT2D eigenvalue weighted by molar-refractivity contribution is 6.14. The number of nitrogens with one attached hydrogen (secondary N) is 1. The predicted octanol–water partition coefficient (Wildman–Crippen LogP) is 2.87. The van der Waals surface area contributed by atoms with Crippen molar-refractivity contribution in [2.45, 2.75) is 26.3 Å². The van der Waals surface area contributed by atoms with Crippen LogP contribution in [-0.4, -0.2) is 39.1 Å². The molecule has 2 heterocycles. The lowest BCUT2D eigenvalue weighted by Gasteiger charge is -2.28. The van der Waals surface area contributed by atoms with Crippen molar-refractivity contribution >= 4 is 17.7 Å². The fourth-order valence-corrected chi connectivity index (χ4v) is 3.49. The topological polar surface area (TPSA) is 99.0 Å². The van der Waals surface area contributed by atoms with Crippen molar-refractivity contribution < 1.29 is 14.3 Å².